The maximum Gasteiger partial charge on any atom is 0.136 e. The highest BCUT2D eigenvalue weighted by Gasteiger charge is 2.15. The maximum atomic E-state index is 8.89. The van der Waals surface area contributed by atoms with E-state index in [9.17, 15) is 0 Å². The first-order chi connectivity index (χ1) is 8.83. The van der Waals surface area contributed by atoms with Gasteiger partial charge in [0.1, 0.15) is 11.8 Å². The summed E-state index contributed by atoms with van der Waals surface area (Å²) in [4.78, 5) is 5.58. The zero-order valence-electron chi connectivity index (χ0n) is 10.6. The molecule has 0 amide bonds. The SMILES string of the molecule is COc1cc(CNOC2CCCC2)ccc1C#N. The maximum absolute atomic E-state index is 8.89. The summed E-state index contributed by atoms with van der Waals surface area (Å²) >= 11 is 0. The molecule has 1 fully saturated rings. The van der Waals surface area contributed by atoms with E-state index in [1.807, 2.05) is 12.1 Å². The van der Waals surface area contributed by atoms with Crippen LogP contribution < -0.4 is 10.2 Å². The third-order valence-electron chi connectivity index (χ3n) is 3.21. The molecular formula is C14H18N2O2. The Morgan fingerprint density at radius 3 is 2.83 bits per heavy atom. The predicted octanol–water partition coefficient (Wildman–Crippen LogP) is 2.53. The average Bonchev–Trinajstić information content (AvgIpc) is 2.91. The van der Waals surface area contributed by atoms with Crippen molar-refractivity contribution in [2.45, 2.75) is 38.3 Å². The number of ether oxygens (including phenoxy) is 1. The summed E-state index contributed by atoms with van der Waals surface area (Å²) in [7, 11) is 1.57. The molecule has 1 aromatic rings. The molecule has 1 aliphatic carbocycles. The number of benzene rings is 1. The fourth-order valence-electron chi connectivity index (χ4n) is 2.19. The fraction of sp³-hybridized carbons (Fsp3) is 0.500. The Morgan fingerprint density at radius 2 is 2.17 bits per heavy atom. The summed E-state index contributed by atoms with van der Waals surface area (Å²) in [5.41, 5.74) is 4.59. The summed E-state index contributed by atoms with van der Waals surface area (Å²) in [5.74, 6) is 0.609. The monoisotopic (exact) mass is 246 g/mol. The number of hydrogen-bond donors (Lipinski definition) is 1. The molecule has 1 N–H and O–H groups in total. The first kappa shape index (κ1) is 12.9. The van der Waals surface area contributed by atoms with Crippen molar-refractivity contribution >= 4 is 0 Å². The van der Waals surface area contributed by atoms with Gasteiger partial charge >= 0.3 is 0 Å². The molecular weight excluding hydrogens is 228 g/mol. The molecule has 0 atom stereocenters. The van der Waals surface area contributed by atoms with Gasteiger partial charge in [0, 0.05) is 6.54 Å². The van der Waals surface area contributed by atoms with E-state index in [0.717, 1.165) is 18.4 Å². The molecule has 1 aromatic carbocycles. The highest BCUT2D eigenvalue weighted by molar-refractivity contribution is 5.45. The Bertz CT molecular complexity index is 434. The van der Waals surface area contributed by atoms with Crippen LogP contribution in [0.4, 0.5) is 0 Å². The molecule has 0 unspecified atom stereocenters. The minimum Gasteiger partial charge on any atom is -0.495 e. The van der Waals surface area contributed by atoms with E-state index in [-0.39, 0.29) is 0 Å². The van der Waals surface area contributed by atoms with Crippen LogP contribution in [-0.2, 0) is 11.4 Å². The van der Waals surface area contributed by atoms with Gasteiger partial charge in [-0.3, -0.25) is 4.84 Å². The quantitative estimate of drug-likeness (QED) is 0.811. The van der Waals surface area contributed by atoms with Crippen LogP contribution in [0.1, 0.15) is 36.8 Å². The summed E-state index contributed by atoms with van der Waals surface area (Å²) in [6, 6.07) is 7.64. The van der Waals surface area contributed by atoms with Crippen molar-refractivity contribution < 1.29 is 9.57 Å². The number of methoxy groups -OCH3 is 1. The van der Waals surface area contributed by atoms with Gasteiger partial charge in [-0.05, 0) is 30.5 Å². The third-order valence-corrected chi connectivity index (χ3v) is 3.21. The molecule has 0 aliphatic heterocycles. The van der Waals surface area contributed by atoms with Gasteiger partial charge in [-0.2, -0.15) is 10.7 Å². The van der Waals surface area contributed by atoms with E-state index >= 15 is 0 Å². The second kappa shape index (κ2) is 6.39. The van der Waals surface area contributed by atoms with Gasteiger partial charge in [-0.15, -0.1) is 0 Å². The Kier molecular flexibility index (Phi) is 4.57. The molecule has 1 aliphatic rings. The molecule has 4 nitrogen and oxygen atoms in total. The Morgan fingerprint density at radius 1 is 1.39 bits per heavy atom. The molecule has 2 rings (SSSR count). The highest BCUT2D eigenvalue weighted by atomic mass is 16.7. The van der Waals surface area contributed by atoms with Crippen molar-refractivity contribution in [3.63, 3.8) is 0 Å². The molecule has 96 valence electrons. The van der Waals surface area contributed by atoms with E-state index in [2.05, 4.69) is 11.5 Å². The van der Waals surface area contributed by atoms with Gasteiger partial charge < -0.3 is 4.74 Å². The molecule has 0 bridgehead atoms. The number of nitriles is 1. The van der Waals surface area contributed by atoms with Crippen molar-refractivity contribution in [2.24, 2.45) is 0 Å². The zero-order chi connectivity index (χ0) is 12.8. The van der Waals surface area contributed by atoms with Crippen LogP contribution in [0.3, 0.4) is 0 Å². The van der Waals surface area contributed by atoms with Crippen LogP contribution in [-0.4, -0.2) is 13.2 Å². The van der Waals surface area contributed by atoms with Gasteiger partial charge in [0.2, 0.25) is 0 Å². The minimum absolute atomic E-state index is 0.352. The second-order valence-corrected chi connectivity index (χ2v) is 4.49. The van der Waals surface area contributed by atoms with Crippen LogP contribution in [0.15, 0.2) is 18.2 Å². The average molecular weight is 246 g/mol. The minimum atomic E-state index is 0.352. The van der Waals surface area contributed by atoms with Crippen LogP contribution >= 0.6 is 0 Å². The number of hydroxylamine groups is 1. The van der Waals surface area contributed by atoms with Gasteiger partial charge in [-0.25, -0.2) is 0 Å². The van der Waals surface area contributed by atoms with E-state index in [4.69, 9.17) is 14.8 Å². The van der Waals surface area contributed by atoms with Crippen molar-refractivity contribution in [1.29, 1.82) is 5.26 Å². The first-order valence-corrected chi connectivity index (χ1v) is 6.29. The first-order valence-electron chi connectivity index (χ1n) is 6.29. The Labute approximate surface area is 107 Å². The van der Waals surface area contributed by atoms with Gasteiger partial charge in [0.15, 0.2) is 0 Å². The van der Waals surface area contributed by atoms with Crippen LogP contribution in [0.25, 0.3) is 0 Å². The van der Waals surface area contributed by atoms with Crippen molar-refractivity contribution in [2.75, 3.05) is 7.11 Å². The molecule has 1 saturated carbocycles. The normalized spacial score (nSPS) is 15.6. The topological polar surface area (TPSA) is 54.3 Å². The molecule has 0 aromatic heterocycles. The van der Waals surface area contributed by atoms with Crippen LogP contribution in [0.5, 0.6) is 5.75 Å². The van der Waals surface area contributed by atoms with Gasteiger partial charge in [-0.1, -0.05) is 18.9 Å². The smallest absolute Gasteiger partial charge is 0.136 e. The van der Waals surface area contributed by atoms with Gasteiger partial charge in [0.25, 0.3) is 0 Å². The molecule has 0 heterocycles. The lowest BCUT2D eigenvalue weighted by atomic mass is 10.1. The lowest BCUT2D eigenvalue weighted by Gasteiger charge is -2.12. The zero-order valence-corrected chi connectivity index (χ0v) is 10.6. The molecule has 0 saturated heterocycles. The molecule has 18 heavy (non-hydrogen) atoms. The van der Waals surface area contributed by atoms with E-state index in [0.29, 0.717) is 24.0 Å². The second-order valence-electron chi connectivity index (χ2n) is 4.49. The number of nitrogens with one attached hydrogen (secondary N) is 1. The van der Waals surface area contributed by atoms with Crippen LogP contribution in [0.2, 0.25) is 0 Å². The van der Waals surface area contributed by atoms with Crippen molar-refractivity contribution in [3.05, 3.63) is 29.3 Å². The lowest BCUT2D eigenvalue weighted by molar-refractivity contribution is -0.0244. The summed E-state index contributed by atoms with van der Waals surface area (Å²) < 4.78 is 5.17. The summed E-state index contributed by atoms with van der Waals surface area (Å²) in [6.07, 6.45) is 5.16. The third kappa shape index (κ3) is 3.22. The lowest BCUT2D eigenvalue weighted by Crippen LogP contribution is -2.21. The largest absolute Gasteiger partial charge is 0.495 e. The van der Waals surface area contributed by atoms with E-state index in [1.165, 1.54) is 12.8 Å². The van der Waals surface area contributed by atoms with E-state index in [1.54, 1.807) is 13.2 Å². The number of rotatable bonds is 5. The standard InChI is InChI=1S/C14H18N2O2/c1-17-14-8-11(6-7-12(14)9-15)10-16-18-13-4-2-3-5-13/h6-8,13,16H,2-5,10H2,1H3. The predicted molar refractivity (Wildman–Crippen MR) is 67.9 cm³/mol. The number of hydrogen-bond acceptors (Lipinski definition) is 4. The summed E-state index contributed by atoms with van der Waals surface area (Å²) in [6.45, 7) is 0.624. The van der Waals surface area contributed by atoms with Gasteiger partial charge in [0.05, 0.1) is 18.8 Å². The highest BCUT2D eigenvalue weighted by Crippen LogP contribution is 2.21. The molecule has 0 spiro atoms. The van der Waals surface area contributed by atoms with Crippen molar-refractivity contribution in [1.82, 2.24) is 5.48 Å². The Balaban J connectivity index is 1.87. The molecule has 0 radical (unpaired) electrons. The van der Waals surface area contributed by atoms with E-state index < -0.39 is 0 Å². The van der Waals surface area contributed by atoms with Crippen LogP contribution in [0, 0.1) is 11.3 Å². The summed E-state index contributed by atoms with van der Waals surface area (Å²) in [5, 5.41) is 8.89. The fourth-order valence-corrected chi connectivity index (χ4v) is 2.19. The van der Waals surface area contributed by atoms with Crippen molar-refractivity contribution in [3.8, 4) is 11.8 Å². The number of nitrogens with zero attached hydrogens (tertiary/aromatic N) is 1. The molecule has 4 heteroatoms. The Hall–Kier alpha value is -1.57.